The van der Waals surface area contributed by atoms with E-state index in [-0.39, 0.29) is 6.03 Å². The van der Waals surface area contributed by atoms with Gasteiger partial charge in [-0.2, -0.15) is 10.2 Å². The van der Waals surface area contributed by atoms with Gasteiger partial charge in [0.1, 0.15) is 35.5 Å². The SMILES string of the molecule is CCCCc1cc(NC(=O)Nc2ccc(Oc3ccnc(Nc4ccc5[nH]ncc5c4)c3)c3ccccc23)n(-c2ccc(OCCN3CCOCC3)cc2)n1. The van der Waals surface area contributed by atoms with Crippen LogP contribution in [0.3, 0.4) is 0 Å². The molecule has 0 radical (unpaired) electrons. The lowest BCUT2D eigenvalue weighted by Gasteiger charge is -2.26. The predicted molar refractivity (Wildman–Crippen MR) is 215 cm³/mol. The molecule has 280 valence electrons. The largest absolute Gasteiger partial charge is 0.492 e. The van der Waals surface area contributed by atoms with E-state index in [2.05, 4.69) is 43.0 Å². The maximum atomic E-state index is 13.6. The number of hydrogen-bond donors (Lipinski definition) is 4. The first-order valence-electron chi connectivity index (χ1n) is 18.6. The van der Waals surface area contributed by atoms with Gasteiger partial charge in [-0.3, -0.25) is 15.3 Å². The second kappa shape index (κ2) is 16.7. The summed E-state index contributed by atoms with van der Waals surface area (Å²) in [5, 5.41) is 24.0. The Labute approximate surface area is 318 Å². The van der Waals surface area contributed by atoms with E-state index < -0.39 is 0 Å². The average molecular weight is 738 g/mol. The number of rotatable bonds is 14. The van der Waals surface area contributed by atoms with Crippen molar-refractivity contribution >= 4 is 50.7 Å². The summed E-state index contributed by atoms with van der Waals surface area (Å²) in [7, 11) is 0. The number of urea groups is 1. The van der Waals surface area contributed by atoms with E-state index in [1.165, 1.54) is 0 Å². The van der Waals surface area contributed by atoms with Gasteiger partial charge >= 0.3 is 6.03 Å². The van der Waals surface area contributed by atoms with Gasteiger partial charge < -0.3 is 24.8 Å². The van der Waals surface area contributed by atoms with Gasteiger partial charge in [-0.1, -0.05) is 37.6 Å². The Bertz CT molecular complexity index is 2390. The Morgan fingerprint density at radius 2 is 1.76 bits per heavy atom. The van der Waals surface area contributed by atoms with Gasteiger partial charge in [-0.25, -0.2) is 14.5 Å². The highest BCUT2D eigenvalue weighted by Crippen LogP contribution is 2.35. The maximum absolute atomic E-state index is 13.6. The molecule has 0 spiro atoms. The van der Waals surface area contributed by atoms with Gasteiger partial charge in [0.25, 0.3) is 0 Å². The Kier molecular flexibility index (Phi) is 10.8. The first-order chi connectivity index (χ1) is 27.1. The topological polar surface area (TPSA) is 143 Å². The first-order valence-corrected chi connectivity index (χ1v) is 18.6. The zero-order valence-corrected chi connectivity index (χ0v) is 30.6. The van der Waals surface area contributed by atoms with E-state index >= 15 is 0 Å². The smallest absolute Gasteiger partial charge is 0.324 e. The average Bonchev–Trinajstić information content (AvgIpc) is 3.85. The molecular weight excluding hydrogens is 695 g/mol. The van der Waals surface area contributed by atoms with Gasteiger partial charge in [-0.15, -0.1) is 0 Å². The number of nitrogens with zero attached hydrogens (tertiary/aromatic N) is 5. The maximum Gasteiger partial charge on any atom is 0.324 e. The molecular formula is C42H43N9O4. The van der Waals surface area contributed by atoms with Gasteiger partial charge in [0.15, 0.2) is 0 Å². The molecule has 0 saturated carbocycles. The van der Waals surface area contributed by atoms with Crippen molar-refractivity contribution in [1.82, 2.24) is 29.9 Å². The Balaban J connectivity index is 0.953. The summed E-state index contributed by atoms with van der Waals surface area (Å²) in [4.78, 5) is 20.4. The highest BCUT2D eigenvalue weighted by atomic mass is 16.5. The number of carbonyl (C=O) groups excluding carboxylic acids is 1. The molecule has 4 N–H and O–H groups in total. The van der Waals surface area contributed by atoms with E-state index in [1.54, 1.807) is 17.1 Å². The monoisotopic (exact) mass is 737 g/mol. The van der Waals surface area contributed by atoms with Gasteiger partial charge in [0, 0.05) is 59.8 Å². The number of amides is 2. The fourth-order valence-electron chi connectivity index (χ4n) is 6.57. The molecule has 8 rings (SSSR count). The van der Waals surface area contributed by atoms with E-state index in [4.69, 9.17) is 19.3 Å². The zero-order chi connectivity index (χ0) is 37.4. The number of benzene rings is 4. The minimum Gasteiger partial charge on any atom is -0.492 e. The molecule has 3 aromatic heterocycles. The van der Waals surface area contributed by atoms with Crippen molar-refractivity contribution in [3.05, 3.63) is 115 Å². The number of aromatic amines is 1. The third-order valence-corrected chi connectivity index (χ3v) is 9.45. The standard InChI is InChI=1S/C42H43N9O4/c1-2-3-6-31-26-41(51(49-31)32-10-12-33(13-11-32)54-24-21-50-19-22-53-23-20-50)47-42(52)46-38-15-16-39(36-8-5-4-7-35(36)38)55-34-17-18-43-40(27-34)45-30-9-14-37-29(25-30)28-44-48-37/h4-5,7-18,25-28H,2-3,6,19-24H2,1H3,(H,43,45)(H,44,48)(H2,46,47,52). The number of carbonyl (C=O) groups is 1. The van der Waals surface area contributed by atoms with Crippen LogP contribution in [0, 0.1) is 0 Å². The van der Waals surface area contributed by atoms with Crippen LogP contribution in [0.5, 0.6) is 17.2 Å². The molecule has 55 heavy (non-hydrogen) atoms. The molecule has 0 aliphatic carbocycles. The fraction of sp³-hybridized carbons (Fsp3) is 0.238. The summed E-state index contributed by atoms with van der Waals surface area (Å²) < 4.78 is 19.6. The van der Waals surface area contributed by atoms with Crippen molar-refractivity contribution in [2.75, 3.05) is 55.4 Å². The molecule has 7 aromatic rings. The van der Waals surface area contributed by atoms with E-state index in [9.17, 15) is 4.79 Å². The number of hydrogen-bond acceptors (Lipinski definition) is 9. The third-order valence-electron chi connectivity index (χ3n) is 9.45. The summed E-state index contributed by atoms with van der Waals surface area (Å²) >= 11 is 0. The fourth-order valence-corrected chi connectivity index (χ4v) is 6.57. The quantitative estimate of drug-likeness (QED) is 0.0864. The van der Waals surface area contributed by atoms with Crippen LogP contribution < -0.4 is 25.4 Å². The Morgan fingerprint density at radius 1 is 0.909 bits per heavy atom. The van der Waals surface area contributed by atoms with Crippen LogP contribution in [0.15, 0.2) is 109 Å². The minimum atomic E-state index is -0.386. The zero-order valence-electron chi connectivity index (χ0n) is 30.6. The molecule has 2 amide bonds. The number of aryl methyl sites for hydroxylation is 1. The Morgan fingerprint density at radius 3 is 2.62 bits per heavy atom. The van der Waals surface area contributed by atoms with Crippen molar-refractivity contribution in [2.45, 2.75) is 26.2 Å². The summed E-state index contributed by atoms with van der Waals surface area (Å²) in [6, 6.07) is 30.4. The van der Waals surface area contributed by atoms with E-state index in [0.29, 0.717) is 35.4 Å². The lowest BCUT2D eigenvalue weighted by Crippen LogP contribution is -2.38. The number of nitrogens with one attached hydrogen (secondary N) is 4. The second-order valence-electron chi connectivity index (χ2n) is 13.3. The number of morpholine rings is 1. The number of anilines is 4. The highest BCUT2D eigenvalue weighted by Gasteiger charge is 2.16. The van der Waals surface area contributed by atoms with Crippen LogP contribution in [0.4, 0.5) is 27.8 Å². The summed E-state index contributed by atoms with van der Waals surface area (Å²) in [5.74, 6) is 3.25. The van der Waals surface area contributed by atoms with Crippen LogP contribution in [-0.4, -0.2) is 75.3 Å². The molecule has 0 atom stereocenters. The minimum absolute atomic E-state index is 0.386. The molecule has 0 bridgehead atoms. The lowest BCUT2D eigenvalue weighted by atomic mass is 10.1. The molecule has 1 saturated heterocycles. The van der Waals surface area contributed by atoms with Crippen molar-refractivity contribution < 1.29 is 19.0 Å². The summed E-state index contributed by atoms with van der Waals surface area (Å²) in [5.41, 5.74) is 4.21. The number of H-pyrrole nitrogens is 1. The second-order valence-corrected chi connectivity index (χ2v) is 13.3. The first kappa shape index (κ1) is 35.6. The molecule has 1 aliphatic heterocycles. The van der Waals surface area contributed by atoms with Crippen molar-refractivity contribution in [1.29, 1.82) is 0 Å². The predicted octanol–water partition coefficient (Wildman–Crippen LogP) is 8.53. The van der Waals surface area contributed by atoms with Crippen LogP contribution in [0.2, 0.25) is 0 Å². The molecule has 13 nitrogen and oxygen atoms in total. The number of unbranched alkanes of at least 4 members (excludes halogenated alkanes) is 1. The van der Waals surface area contributed by atoms with Crippen LogP contribution >= 0.6 is 0 Å². The molecule has 4 heterocycles. The number of pyridine rings is 1. The van der Waals surface area contributed by atoms with Crippen molar-refractivity contribution in [3.8, 4) is 22.9 Å². The summed E-state index contributed by atoms with van der Waals surface area (Å²) in [6.07, 6.45) is 6.33. The summed E-state index contributed by atoms with van der Waals surface area (Å²) in [6.45, 7) is 7.00. The highest BCUT2D eigenvalue weighted by molar-refractivity contribution is 6.07. The van der Waals surface area contributed by atoms with E-state index in [1.807, 2.05) is 97.1 Å². The third kappa shape index (κ3) is 8.69. The van der Waals surface area contributed by atoms with Gasteiger partial charge in [0.05, 0.1) is 42.0 Å². The van der Waals surface area contributed by atoms with Crippen molar-refractivity contribution in [2.24, 2.45) is 0 Å². The number of fused-ring (bicyclic) bond motifs is 2. The molecule has 1 aliphatic rings. The molecule has 4 aromatic carbocycles. The number of ether oxygens (including phenoxy) is 3. The molecule has 1 fully saturated rings. The Hall–Kier alpha value is -6.44. The molecule has 0 unspecified atom stereocenters. The van der Waals surface area contributed by atoms with Crippen LogP contribution in [0.1, 0.15) is 25.5 Å². The van der Waals surface area contributed by atoms with Crippen LogP contribution in [-0.2, 0) is 11.2 Å². The van der Waals surface area contributed by atoms with Gasteiger partial charge in [-0.05, 0) is 73.5 Å². The molecule has 13 heteroatoms. The normalized spacial score (nSPS) is 13.2. The lowest BCUT2D eigenvalue weighted by molar-refractivity contribution is 0.0322. The van der Waals surface area contributed by atoms with E-state index in [0.717, 1.165) is 96.6 Å². The van der Waals surface area contributed by atoms with Crippen LogP contribution in [0.25, 0.3) is 27.4 Å². The number of aromatic nitrogens is 5. The van der Waals surface area contributed by atoms with Crippen molar-refractivity contribution in [3.63, 3.8) is 0 Å². The van der Waals surface area contributed by atoms with Gasteiger partial charge in [0.2, 0.25) is 0 Å².